The summed E-state index contributed by atoms with van der Waals surface area (Å²) in [5.41, 5.74) is 18.5. The standard InChI is InChI=1S/C59H35N3O/c1-3-17-36(18-4-1)55-60-56(37-19-5-2-6-20-37)62-57(61-55)38-31-32-47-42(33-38)43-35-54-44(41-23-9-16-30-53(41)63-54)34-52(43)59(47)50-28-14-12-26-48(50)58(49-27-13-15-29-51(49)59)45-24-10-7-21-39(45)40-22-8-11-25-46(40)58/h1-35H. The summed E-state index contributed by atoms with van der Waals surface area (Å²) < 4.78 is 6.67. The largest absolute Gasteiger partial charge is 0.456 e. The fourth-order valence-corrected chi connectivity index (χ4v) is 11.6. The van der Waals surface area contributed by atoms with Crippen LogP contribution in [0.4, 0.5) is 0 Å². The van der Waals surface area contributed by atoms with Crippen LogP contribution in [0.15, 0.2) is 217 Å². The number of benzene rings is 9. The van der Waals surface area contributed by atoms with Gasteiger partial charge in [-0.25, -0.2) is 15.0 Å². The lowest BCUT2D eigenvalue weighted by atomic mass is 9.52. The molecule has 4 heteroatoms. The lowest BCUT2D eigenvalue weighted by Crippen LogP contribution is -2.43. The monoisotopic (exact) mass is 801 g/mol. The van der Waals surface area contributed by atoms with Gasteiger partial charge in [0.15, 0.2) is 17.5 Å². The molecule has 0 saturated carbocycles. The third-order valence-corrected chi connectivity index (χ3v) is 14.0. The Morgan fingerprint density at radius 2 is 0.698 bits per heavy atom. The van der Waals surface area contributed by atoms with Gasteiger partial charge in [0, 0.05) is 27.5 Å². The maximum Gasteiger partial charge on any atom is 0.164 e. The second-order valence-electron chi connectivity index (χ2n) is 17.0. The van der Waals surface area contributed by atoms with Gasteiger partial charge in [0.25, 0.3) is 0 Å². The van der Waals surface area contributed by atoms with E-state index in [9.17, 15) is 0 Å². The summed E-state index contributed by atoms with van der Waals surface area (Å²) in [5, 5.41) is 2.22. The van der Waals surface area contributed by atoms with E-state index >= 15 is 0 Å². The third kappa shape index (κ3) is 4.46. The van der Waals surface area contributed by atoms with Gasteiger partial charge in [-0.2, -0.15) is 0 Å². The molecule has 0 saturated heterocycles. The van der Waals surface area contributed by atoms with Crippen molar-refractivity contribution in [3.05, 3.63) is 257 Å². The van der Waals surface area contributed by atoms with Crippen molar-refractivity contribution in [1.82, 2.24) is 15.0 Å². The Labute approximate surface area is 363 Å². The number of aromatic nitrogens is 3. The predicted octanol–water partition coefficient (Wildman–Crippen LogP) is 13.8. The van der Waals surface area contributed by atoms with Crippen LogP contribution in [0.5, 0.6) is 0 Å². The average Bonchev–Trinajstić information content (AvgIpc) is 3.97. The molecule has 2 spiro atoms. The summed E-state index contributed by atoms with van der Waals surface area (Å²) in [6, 6.07) is 76.9. The summed E-state index contributed by atoms with van der Waals surface area (Å²) in [6.45, 7) is 0. The van der Waals surface area contributed by atoms with Crippen molar-refractivity contribution in [1.29, 1.82) is 0 Å². The molecule has 0 fully saturated rings. The molecule has 0 amide bonds. The summed E-state index contributed by atoms with van der Waals surface area (Å²) in [5.74, 6) is 1.90. The SMILES string of the molecule is c1ccc(-c2nc(-c3ccccc3)nc(-c3ccc4c(c3)-c3cc5oc6ccccc6c5cc3C43c4ccccc4C4(c5ccccc5-c5ccccc54)c4ccccc43)n2)cc1. The van der Waals surface area contributed by atoms with Crippen molar-refractivity contribution in [2.75, 3.05) is 0 Å². The number of furan rings is 1. The molecule has 4 nitrogen and oxygen atoms in total. The molecule has 0 radical (unpaired) electrons. The van der Waals surface area contributed by atoms with Crippen molar-refractivity contribution in [3.63, 3.8) is 0 Å². The van der Waals surface area contributed by atoms with Crippen LogP contribution in [0.25, 0.3) is 78.4 Å². The quantitative estimate of drug-likeness (QED) is 0.179. The zero-order valence-corrected chi connectivity index (χ0v) is 34.0. The van der Waals surface area contributed by atoms with Gasteiger partial charge in [-0.1, -0.05) is 188 Å². The minimum absolute atomic E-state index is 0.520. The maximum absolute atomic E-state index is 6.67. The molecule has 3 aliphatic carbocycles. The van der Waals surface area contributed by atoms with Crippen LogP contribution >= 0.6 is 0 Å². The van der Waals surface area contributed by atoms with Gasteiger partial charge in [0.2, 0.25) is 0 Å². The van der Waals surface area contributed by atoms with Crippen LogP contribution in [-0.2, 0) is 10.8 Å². The average molecular weight is 802 g/mol. The molecule has 0 bridgehead atoms. The van der Waals surface area contributed by atoms with Crippen LogP contribution in [0.3, 0.4) is 0 Å². The zero-order chi connectivity index (χ0) is 41.3. The van der Waals surface area contributed by atoms with E-state index in [0.29, 0.717) is 17.5 Å². The second-order valence-corrected chi connectivity index (χ2v) is 17.0. The Morgan fingerprint density at radius 1 is 0.270 bits per heavy atom. The van der Waals surface area contributed by atoms with E-state index in [0.717, 1.165) is 49.8 Å². The van der Waals surface area contributed by atoms with Crippen molar-refractivity contribution < 1.29 is 4.42 Å². The van der Waals surface area contributed by atoms with Crippen LogP contribution in [0.1, 0.15) is 44.5 Å². The minimum atomic E-state index is -0.663. The topological polar surface area (TPSA) is 51.8 Å². The normalized spacial score (nSPS) is 14.3. The number of para-hydroxylation sites is 1. The van der Waals surface area contributed by atoms with Crippen LogP contribution < -0.4 is 0 Å². The highest BCUT2D eigenvalue weighted by molar-refractivity contribution is 6.08. The molecule has 2 heterocycles. The fraction of sp³-hybridized carbons (Fsp3) is 0.0339. The Kier molecular flexibility index (Phi) is 6.94. The van der Waals surface area contributed by atoms with E-state index in [4.69, 9.17) is 19.4 Å². The first-order chi connectivity index (χ1) is 31.2. The number of nitrogens with zero attached hydrogens (tertiary/aromatic N) is 3. The molecule has 11 aromatic rings. The Hall–Kier alpha value is -8.21. The summed E-state index contributed by atoms with van der Waals surface area (Å²) in [6.07, 6.45) is 0. The highest BCUT2D eigenvalue weighted by Crippen LogP contribution is 2.67. The highest BCUT2D eigenvalue weighted by atomic mass is 16.3. The molecule has 292 valence electrons. The van der Waals surface area contributed by atoms with Crippen molar-refractivity contribution in [2.45, 2.75) is 10.8 Å². The molecule has 3 aliphatic rings. The van der Waals surface area contributed by atoms with E-state index in [2.05, 4.69) is 170 Å². The third-order valence-electron chi connectivity index (χ3n) is 14.0. The van der Waals surface area contributed by atoms with Gasteiger partial charge in [-0.15, -0.1) is 0 Å². The molecule has 0 atom stereocenters. The summed E-state index contributed by atoms with van der Waals surface area (Å²) in [4.78, 5) is 15.4. The van der Waals surface area contributed by atoms with E-state index < -0.39 is 10.8 Å². The minimum Gasteiger partial charge on any atom is -0.456 e. The second kappa shape index (κ2) is 12.7. The number of fused-ring (bicyclic) bond motifs is 19. The van der Waals surface area contributed by atoms with Crippen molar-refractivity contribution in [2.24, 2.45) is 0 Å². The first-order valence-corrected chi connectivity index (χ1v) is 21.6. The van der Waals surface area contributed by atoms with E-state index in [1.54, 1.807) is 0 Å². The van der Waals surface area contributed by atoms with Gasteiger partial charge < -0.3 is 4.42 Å². The van der Waals surface area contributed by atoms with Gasteiger partial charge in [0.1, 0.15) is 11.2 Å². The van der Waals surface area contributed by atoms with Crippen molar-refractivity contribution in [3.8, 4) is 56.4 Å². The molecule has 14 rings (SSSR count). The van der Waals surface area contributed by atoms with Crippen molar-refractivity contribution >= 4 is 21.9 Å². The lowest BCUT2D eigenvalue weighted by molar-refractivity contribution is 0.633. The first-order valence-electron chi connectivity index (χ1n) is 21.6. The van der Waals surface area contributed by atoms with Crippen LogP contribution in [0.2, 0.25) is 0 Å². The van der Waals surface area contributed by atoms with Gasteiger partial charge in [0.05, 0.1) is 10.8 Å². The molecule has 63 heavy (non-hydrogen) atoms. The molecule has 9 aromatic carbocycles. The number of hydrogen-bond donors (Lipinski definition) is 0. The summed E-state index contributed by atoms with van der Waals surface area (Å²) >= 11 is 0. The van der Waals surface area contributed by atoms with E-state index in [-0.39, 0.29) is 0 Å². The molecule has 0 unspecified atom stereocenters. The Morgan fingerprint density at radius 3 is 1.27 bits per heavy atom. The smallest absolute Gasteiger partial charge is 0.164 e. The van der Waals surface area contributed by atoms with Gasteiger partial charge >= 0.3 is 0 Å². The number of hydrogen-bond acceptors (Lipinski definition) is 4. The Balaban J connectivity index is 1.09. The first kappa shape index (κ1) is 34.5. The van der Waals surface area contributed by atoms with Crippen LogP contribution in [-0.4, -0.2) is 15.0 Å². The van der Waals surface area contributed by atoms with E-state index in [1.807, 2.05) is 42.5 Å². The van der Waals surface area contributed by atoms with E-state index in [1.165, 1.54) is 55.6 Å². The molecular formula is C59H35N3O. The number of rotatable bonds is 3. The van der Waals surface area contributed by atoms with Gasteiger partial charge in [-0.3, -0.25) is 0 Å². The molecule has 0 aliphatic heterocycles. The lowest BCUT2D eigenvalue weighted by Gasteiger charge is -2.48. The maximum atomic E-state index is 6.67. The summed E-state index contributed by atoms with van der Waals surface area (Å²) in [7, 11) is 0. The predicted molar refractivity (Wildman–Crippen MR) is 252 cm³/mol. The molecular weight excluding hydrogens is 767 g/mol. The molecule has 2 aromatic heterocycles. The highest BCUT2D eigenvalue weighted by Gasteiger charge is 2.59. The van der Waals surface area contributed by atoms with Gasteiger partial charge in [-0.05, 0) is 91.0 Å². The zero-order valence-electron chi connectivity index (χ0n) is 34.0. The molecule has 0 N–H and O–H groups in total. The Bertz CT molecular complexity index is 3550. The fourth-order valence-electron chi connectivity index (χ4n) is 11.6. The van der Waals surface area contributed by atoms with Crippen LogP contribution in [0, 0.1) is 0 Å².